The minimum atomic E-state index is -0.204. The van der Waals surface area contributed by atoms with Crippen LogP contribution < -0.4 is 5.32 Å². The van der Waals surface area contributed by atoms with Gasteiger partial charge < -0.3 is 14.7 Å². The molecule has 1 unspecified atom stereocenters. The van der Waals surface area contributed by atoms with Gasteiger partial charge in [-0.25, -0.2) is 0 Å². The number of hydrogen-bond donors (Lipinski definition) is 1. The van der Waals surface area contributed by atoms with E-state index >= 15 is 0 Å². The summed E-state index contributed by atoms with van der Waals surface area (Å²) in [5.74, 6) is 0.605. The Labute approximate surface area is 178 Å². The van der Waals surface area contributed by atoms with Crippen molar-refractivity contribution < 1.29 is 14.1 Å². The number of carbonyl (C=O) groups excluding carboxylic acids is 2. The molecule has 1 N–H and O–H groups in total. The smallest absolute Gasteiger partial charge is 0.251 e. The number of nitrogens with zero attached hydrogens (tertiary/aromatic N) is 3. The molecule has 8 heteroatoms. The first kappa shape index (κ1) is 20.2. The van der Waals surface area contributed by atoms with Crippen molar-refractivity contribution >= 4 is 23.6 Å². The molecule has 1 aliphatic rings. The molecule has 30 heavy (non-hydrogen) atoms. The maximum atomic E-state index is 12.4. The highest BCUT2D eigenvalue weighted by molar-refractivity contribution is 7.98. The third-order valence-electron chi connectivity index (χ3n) is 5.03. The Morgan fingerprint density at radius 3 is 2.70 bits per heavy atom. The number of thioether (sulfide) groups is 1. The summed E-state index contributed by atoms with van der Waals surface area (Å²) in [4.78, 5) is 32.0. The van der Waals surface area contributed by atoms with Gasteiger partial charge in [-0.1, -0.05) is 35.5 Å². The summed E-state index contributed by atoms with van der Waals surface area (Å²) in [6, 6.07) is 17.2. The molecule has 2 heterocycles. The van der Waals surface area contributed by atoms with E-state index in [-0.39, 0.29) is 24.3 Å². The fourth-order valence-electron chi connectivity index (χ4n) is 3.40. The molecule has 154 valence electrons. The van der Waals surface area contributed by atoms with E-state index in [1.165, 1.54) is 4.90 Å². The van der Waals surface area contributed by atoms with E-state index in [4.69, 9.17) is 4.52 Å². The number of aromatic nitrogens is 2. The highest BCUT2D eigenvalue weighted by Gasteiger charge is 2.33. The van der Waals surface area contributed by atoms with Crippen molar-refractivity contribution in [3.8, 4) is 0 Å². The fourth-order valence-corrected chi connectivity index (χ4v) is 3.81. The Morgan fingerprint density at radius 1 is 1.20 bits per heavy atom. The average Bonchev–Trinajstić information content (AvgIpc) is 3.40. The van der Waals surface area contributed by atoms with Gasteiger partial charge in [0.05, 0.1) is 6.54 Å². The number of carbonyl (C=O) groups is 2. The van der Waals surface area contributed by atoms with Gasteiger partial charge in [-0.3, -0.25) is 9.59 Å². The zero-order valence-corrected chi connectivity index (χ0v) is 17.4. The normalized spacial score (nSPS) is 16.1. The fraction of sp³-hybridized carbons (Fsp3) is 0.273. The Balaban J connectivity index is 1.33. The number of likely N-dealkylation sites (tertiary alicyclic amines) is 1. The second-order valence-electron chi connectivity index (χ2n) is 7.12. The van der Waals surface area contributed by atoms with Crippen molar-refractivity contribution in [2.24, 2.45) is 0 Å². The number of nitrogens with one attached hydrogen (secondary N) is 1. The third kappa shape index (κ3) is 4.71. The summed E-state index contributed by atoms with van der Waals surface area (Å²) in [5.41, 5.74) is 1.67. The van der Waals surface area contributed by atoms with Crippen LogP contribution in [0.5, 0.6) is 0 Å². The quantitative estimate of drug-likeness (QED) is 0.588. The second-order valence-corrected chi connectivity index (χ2v) is 8.00. The zero-order valence-electron chi connectivity index (χ0n) is 16.6. The molecule has 1 fully saturated rings. The Kier molecular flexibility index (Phi) is 6.13. The van der Waals surface area contributed by atoms with Gasteiger partial charge in [0, 0.05) is 35.9 Å². The van der Waals surface area contributed by atoms with E-state index in [0.717, 1.165) is 5.56 Å². The lowest BCUT2D eigenvalue weighted by atomic mass is 10.1. The van der Waals surface area contributed by atoms with Crippen molar-refractivity contribution in [3.63, 3.8) is 0 Å². The van der Waals surface area contributed by atoms with Crippen molar-refractivity contribution in [2.45, 2.75) is 30.3 Å². The molecule has 1 saturated heterocycles. The van der Waals surface area contributed by atoms with E-state index < -0.39 is 0 Å². The minimum absolute atomic E-state index is 0.0812. The molecule has 3 aromatic rings. The van der Waals surface area contributed by atoms with Crippen LogP contribution in [0.3, 0.4) is 0 Å². The van der Waals surface area contributed by atoms with Crippen LogP contribution in [0, 0.1) is 0 Å². The largest absolute Gasteiger partial charge is 0.343 e. The summed E-state index contributed by atoms with van der Waals surface area (Å²) in [5, 5.41) is 6.79. The van der Waals surface area contributed by atoms with Gasteiger partial charge in [-0.2, -0.15) is 4.98 Å². The van der Waals surface area contributed by atoms with E-state index in [1.54, 1.807) is 36.0 Å². The highest BCUT2D eigenvalue weighted by atomic mass is 32.2. The molecule has 0 radical (unpaired) electrons. The van der Waals surface area contributed by atoms with Gasteiger partial charge in [0.15, 0.2) is 5.82 Å². The molecule has 1 atom stereocenters. The summed E-state index contributed by atoms with van der Waals surface area (Å²) in [6.07, 6.45) is 2.40. The van der Waals surface area contributed by atoms with E-state index in [0.29, 0.717) is 36.8 Å². The topological polar surface area (TPSA) is 88.3 Å². The van der Waals surface area contributed by atoms with Crippen LogP contribution >= 0.6 is 11.8 Å². The standard InChI is InChI=1S/C22H22N4O3S/c1-30-18-9-7-15(8-10-18)13-26-14-17(11-20(26)27)21-24-19(29-25-21)12-23-22(28)16-5-3-2-4-6-16/h2-10,17H,11-14H2,1H3,(H,23,28). The first-order valence-corrected chi connectivity index (χ1v) is 10.9. The SMILES string of the molecule is CSc1ccc(CN2CC(c3noc(CNC(=O)c4ccccc4)n3)CC2=O)cc1. The van der Waals surface area contributed by atoms with Crippen LogP contribution in [0.2, 0.25) is 0 Å². The molecule has 2 amide bonds. The van der Waals surface area contributed by atoms with Gasteiger partial charge in [-0.05, 0) is 36.1 Å². The van der Waals surface area contributed by atoms with Gasteiger partial charge in [0.2, 0.25) is 11.8 Å². The van der Waals surface area contributed by atoms with E-state index in [1.807, 2.05) is 29.4 Å². The highest BCUT2D eigenvalue weighted by Crippen LogP contribution is 2.28. The number of benzene rings is 2. The summed E-state index contributed by atoms with van der Waals surface area (Å²) < 4.78 is 5.27. The van der Waals surface area contributed by atoms with Crippen molar-refractivity contribution in [1.29, 1.82) is 0 Å². The summed E-state index contributed by atoms with van der Waals surface area (Å²) in [7, 11) is 0. The Bertz CT molecular complexity index is 1020. The lowest BCUT2D eigenvalue weighted by molar-refractivity contribution is -0.128. The van der Waals surface area contributed by atoms with Crippen LogP contribution in [0.4, 0.5) is 0 Å². The average molecular weight is 423 g/mol. The van der Waals surface area contributed by atoms with E-state index in [9.17, 15) is 9.59 Å². The predicted octanol–water partition coefficient (Wildman–Crippen LogP) is 3.24. The lowest BCUT2D eigenvalue weighted by Crippen LogP contribution is -2.24. The lowest BCUT2D eigenvalue weighted by Gasteiger charge is -2.16. The Morgan fingerprint density at radius 2 is 1.97 bits per heavy atom. The summed E-state index contributed by atoms with van der Waals surface area (Å²) in [6.45, 7) is 1.27. The molecular weight excluding hydrogens is 400 g/mol. The molecule has 7 nitrogen and oxygen atoms in total. The molecule has 0 aliphatic carbocycles. The molecule has 0 bridgehead atoms. The van der Waals surface area contributed by atoms with Crippen LogP contribution in [0.25, 0.3) is 0 Å². The summed E-state index contributed by atoms with van der Waals surface area (Å²) >= 11 is 1.69. The van der Waals surface area contributed by atoms with Crippen molar-refractivity contribution in [2.75, 3.05) is 12.8 Å². The molecule has 4 rings (SSSR count). The van der Waals surface area contributed by atoms with Crippen LogP contribution in [-0.2, 0) is 17.9 Å². The van der Waals surface area contributed by atoms with Crippen LogP contribution in [-0.4, -0.2) is 39.7 Å². The molecule has 1 aromatic heterocycles. The second kappa shape index (κ2) is 9.13. The third-order valence-corrected chi connectivity index (χ3v) is 5.78. The number of rotatable bonds is 7. The number of hydrogen-bond acceptors (Lipinski definition) is 6. The molecular formula is C22H22N4O3S. The minimum Gasteiger partial charge on any atom is -0.343 e. The number of amides is 2. The molecule has 0 saturated carbocycles. The zero-order chi connectivity index (χ0) is 20.9. The Hall–Kier alpha value is -3.13. The first-order chi connectivity index (χ1) is 14.6. The van der Waals surface area contributed by atoms with Gasteiger partial charge in [0.25, 0.3) is 5.91 Å². The molecule has 2 aromatic carbocycles. The maximum absolute atomic E-state index is 12.4. The predicted molar refractivity (Wildman–Crippen MR) is 113 cm³/mol. The molecule has 1 aliphatic heterocycles. The van der Waals surface area contributed by atoms with Crippen molar-refractivity contribution in [3.05, 3.63) is 77.4 Å². The first-order valence-electron chi connectivity index (χ1n) is 9.69. The monoisotopic (exact) mass is 422 g/mol. The van der Waals surface area contributed by atoms with Gasteiger partial charge in [0.1, 0.15) is 0 Å². The van der Waals surface area contributed by atoms with Gasteiger partial charge >= 0.3 is 0 Å². The maximum Gasteiger partial charge on any atom is 0.251 e. The van der Waals surface area contributed by atoms with Gasteiger partial charge in [-0.15, -0.1) is 11.8 Å². The van der Waals surface area contributed by atoms with Crippen LogP contribution in [0.15, 0.2) is 64.0 Å². The van der Waals surface area contributed by atoms with Crippen LogP contribution in [0.1, 0.15) is 40.0 Å². The van der Waals surface area contributed by atoms with Crippen molar-refractivity contribution in [1.82, 2.24) is 20.4 Å². The molecule has 0 spiro atoms. The van der Waals surface area contributed by atoms with E-state index in [2.05, 4.69) is 27.6 Å².